The fraction of sp³-hybridized carbons (Fsp3) is 0.286. The fourth-order valence-corrected chi connectivity index (χ4v) is 2.17. The predicted octanol–water partition coefficient (Wildman–Crippen LogP) is 2.80. The van der Waals surface area contributed by atoms with Gasteiger partial charge in [-0.15, -0.1) is 0 Å². The minimum absolute atomic E-state index is 0.292. The van der Waals surface area contributed by atoms with Gasteiger partial charge >= 0.3 is 0 Å². The van der Waals surface area contributed by atoms with E-state index in [4.69, 9.17) is 9.47 Å². The minimum atomic E-state index is 0.292. The molecule has 0 N–H and O–H groups in total. The third-order valence-electron chi connectivity index (χ3n) is 2.96. The van der Waals surface area contributed by atoms with E-state index in [0.717, 1.165) is 39.8 Å². The summed E-state index contributed by atoms with van der Waals surface area (Å²) >= 11 is 0. The number of aryl methyl sites for hydroxylation is 3. The molecule has 3 rings (SSSR count). The summed E-state index contributed by atoms with van der Waals surface area (Å²) in [7, 11) is 0. The van der Waals surface area contributed by atoms with Gasteiger partial charge in [0.1, 0.15) is 5.82 Å². The Bertz CT molecular complexity index is 603. The van der Waals surface area contributed by atoms with Gasteiger partial charge in [-0.2, -0.15) is 0 Å². The molecule has 0 radical (unpaired) electrons. The van der Waals surface area contributed by atoms with Crippen LogP contribution < -0.4 is 9.47 Å². The highest BCUT2D eigenvalue weighted by Crippen LogP contribution is 2.37. The number of nitrogens with zero attached hydrogens (tertiary/aromatic N) is 2. The van der Waals surface area contributed by atoms with Crippen molar-refractivity contribution < 1.29 is 9.47 Å². The highest BCUT2D eigenvalue weighted by atomic mass is 16.7. The summed E-state index contributed by atoms with van der Waals surface area (Å²) in [4.78, 5) is 8.78. The average molecular weight is 242 g/mol. The molecule has 0 spiro atoms. The van der Waals surface area contributed by atoms with E-state index in [2.05, 4.69) is 9.97 Å². The number of ether oxygens (including phenoxy) is 2. The van der Waals surface area contributed by atoms with Crippen LogP contribution in [0.5, 0.6) is 11.5 Å². The Morgan fingerprint density at radius 3 is 2.39 bits per heavy atom. The monoisotopic (exact) mass is 242 g/mol. The summed E-state index contributed by atoms with van der Waals surface area (Å²) < 4.78 is 10.8. The van der Waals surface area contributed by atoms with Crippen molar-refractivity contribution in [2.45, 2.75) is 20.8 Å². The summed E-state index contributed by atoms with van der Waals surface area (Å²) in [5.41, 5.74) is 4.08. The zero-order valence-electron chi connectivity index (χ0n) is 10.7. The fourth-order valence-electron chi connectivity index (χ4n) is 2.17. The summed E-state index contributed by atoms with van der Waals surface area (Å²) in [6.07, 6.45) is 0. The molecule has 0 saturated carbocycles. The standard InChI is InChI=1S/C14H14N2O2/c1-8-4-13-14(18-7-17-13)6-11(8)12-5-9(2)15-10(3)16-12/h4-6H,7H2,1-3H3. The first-order chi connectivity index (χ1) is 8.63. The van der Waals surface area contributed by atoms with Gasteiger partial charge in [-0.3, -0.25) is 0 Å². The molecule has 0 saturated heterocycles. The predicted molar refractivity (Wildman–Crippen MR) is 67.8 cm³/mol. The van der Waals surface area contributed by atoms with Crippen molar-refractivity contribution in [1.82, 2.24) is 9.97 Å². The molecule has 4 heteroatoms. The van der Waals surface area contributed by atoms with Gasteiger partial charge < -0.3 is 9.47 Å². The SMILES string of the molecule is Cc1cc(-c2cc3c(cc2C)OCO3)nc(C)n1. The van der Waals surface area contributed by atoms with E-state index in [1.165, 1.54) is 0 Å². The lowest BCUT2D eigenvalue weighted by Crippen LogP contribution is -1.95. The van der Waals surface area contributed by atoms with E-state index in [-0.39, 0.29) is 0 Å². The second kappa shape index (κ2) is 3.98. The Balaban J connectivity index is 2.16. The van der Waals surface area contributed by atoms with Crippen LogP contribution in [-0.4, -0.2) is 16.8 Å². The number of fused-ring (bicyclic) bond motifs is 1. The van der Waals surface area contributed by atoms with E-state index in [9.17, 15) is 0 Å². The molecular weight excluding hydrogens is 228 g/mol. The van der Waals surface area contributed by atoms with Crippen LogP contribution in [0.25, 0.3) is 11.3 Å². The third-order valence-corrected chi connectivity index (χ3v) is 2.96. The molecule has 2 aromatic rings. The van der Waals surface area contributed by atoms with E-state index in [1.807, 2.05) is 39.0 Å². The summed E-state index contributed by atoms with van der Waals surface area (Å²) in [6.45, 7) is 6.21. The molecule has 0 aliphatic carbocycles. The quantitative estimate of drug-likeness (QED) is 0.771. The number of hydrogen-bond donors (Lipinski definition) is 0. The third kappa shape index (κ3) is 1.79. The van der Waals surface area contributed by atoms with Crippen LogP contribution in [0, 0.1) is 20.8 Å². The second-order valence-electron chi connectivity index (χ2n) is 4.46. The molecule has 0 fully saturated rings. The molecule has 1 aromatic heterocycles. The minimum Gasteiger partial charge on any atom is -0.454 e. The molecule has 1 aromatic carbocycles. The van der Waals surface area contributed by atoms with Gasteiger partial charge in [-0.1, -0.05) is 0 Å². The van der Waals surface area contributed by atoms with Crippen LogP contribution in [0.3, 0.4) is 0 Å². The van der Waals surface area contributed by atoms with Gasteiger partial charge in [-0.25, -0.2) is 9.97 Å². The first-order valence-electron chi connectivity index (χ1n) is 5.86. The van der Waals surface area contributed by atoms with Crippen molar-refractivity contribution in [3.05, 3.63) is 35.3 Å². The lowest BCUT2D eigenvalue weighted by atomic mass is 10.0. The van der Waals surface area contributed by atoms with Gasteiger partial charge in [0.05, 0.1) is 5.69 Å². The van der Waals surface area contributed by atoms with Crippen LogP contribution in [0.1, 0.15) is 17.1 Å². The number of rotatable bonds is 1. The number of hydrogen-bond acceptors (Lipinski definition) is 4. The Kier molecular flexibility index (Phi) is 2.44. The van der Waals surface area contributed by atoms with Gasteiger partial charge in [0.25, 0.3) is 0 Å². The molecule has 4 nitrogen and oxygen atoms in total. The first kappa shape index (κ1) is 11.0. The summed E-state index contributed by atoms with van der Waals surface area (Å²) in [6, 6.07) is 5.96. The molecule has 92 valence electrons. The van der Waals surface area contributed by atoms with Crippen molar-refractivity contribution in [2.75, 3.05) is 6.79 Å². The topological polar surface area (TPSA) is 44.2 Å². The lowest BCUT2D eigenvalue weighted by Gasteiger charge is -2.08. The molecule has 0 bridgehead atoms. The first-order valence-corrected chi connectivity index (χ1v) is 5.86. The Morgan fingerprint density at radius 1 is 0.944 bits per heavy atom. The maximum Gasteiger partial charge on any atom is 0.231 e. The van der Waals surface area contributed by atoms with E-state index in [0.29, 0.717) is 6.79 Å². The zero-order valence-corrected chi connectivity index (χ0v) is 10.7. The van der Waals surface area contributed by atoms with Gasteiger partial charge in [0, 0.05) is 11.3 Å². The van der Waals surface area contributed by atoms with Gasteiger partial charge in [0.15, 0.2) is 11.5 Å². The van der Waals surface area contributed by atoms with Crippen molar-refractivity contribution in [2.24, 2.45) is 0 Å². The normalized spacial score (nSPS) is 12.8. The summed E-state index contributed by atoms with van der Waals surface area (Å²) in [5, 5.41) is 0. The Hall–Kier alpha value is -2.10. The molecular formula is C14H14N2O2. The largest absolute Gasteiger partial charge is 0.454 e. The molecule has 0 amide bonds. The molecule has 0 atom stereocenters. The highest BCUT2D eigenvalue weighted by Gasteiger charge is 2.17. The van der Waals surface area contributed by atoms with Crippen molar-refractivity contribution in [3.8, 4) is 22.8 Å². The molecule has 1 aliphatic heterocycles. The molecule has 0 unspecified atom stereocenters. The number of aromatic nitrogens is 2. The summed E-state index contributed by atoms with van der Waals surface area (Å²) in [5.74, 6) is 2.37. The van der Waals surface area contributed by atoms with Crippen molar-refractivity contribution in [1.29, 1.82) is 0 Å². The number of benzene rings is 1. The maximum atomic E-state index is 5.41. The average Bonchev–Trinajstić information content (AvgIpc) is 2.73. The van der Waals surface area contributed by atoms with Crippen LogP contribution in [0.15, 0.2) is 18.2 Å². The highest BCUT2D eigenvalue weighted by molar-refractivity contribution is 5.68. The lowest BCUT2D eigenvalue weighted by molar-refractivity contribution is 0.174. The Morgan fingerprint density at radius 2 is 1.67 bits per heavy atom. The molecule has 18 heavy (non-hydrogen) atoms. The van der Waals surface area contributed by atoms with Crippen LogP contribution >= 0.6 is 0 Å². The molecule has 1 aliphatic rings. The smallest absolute Gasteiger partial charge is 0.231 e. The van der Waals surface area contributed by atoms with E-state index in [1.54, 1.807) is 0 Å². The zero-order chi connectivity index (χ0) is 12.7. The second-order valence-corrected chi connectivity index (χ2v) is 4.46. The van der Waals surface area contributed by atoms with Gasteiger partial charge in [0.2, 0.25) is 6.79 Å². The maximum absolute atomic E-state index is 5.41. The van der Waals surface area contributed by atoms with E-state index < -0.39 is 0 Å². The van der Waals surface area contributed by atoms with E-state index >= 15 is 0 Å². The van der Waals surface area contributed by atoms with Crippen molar-refractivity contribution >= 4 is 0 Å². The van der Waals surface area contributed by atoms with Crippen molar-refractivity contribution in [3.63, 3.8) is 0 Å². The van der Waals surface area contributed by atoms with Crippen LogP contribution in [0.4, 0.5) is 0 Å². The van der Waals surface area contributed by atoms with Crippen LogP contribution in [0.2, 0.25) is 0 Å². The van der Waals surface area contributed by atoms with Crippen LogP contribution in [-0.2, 0) is 0 Å². The Labute approximate surface area is 106 Å². The molecule has 2 heterocycles. The van der Waals surface area contributed by atoms with Gasteiger partial charge in [-0.05, 0) is 44.5 Å².